The molecule has 7 heteroatoms. The number of nitrogen functional groups attached to an aromatic ring is 1. The van der Waals surface area contributed by atoms with E-state index in [0.29, 0.717) is 30.5 Å². The fourth-order valence-electron chi connectivity index (χ4n) is 3.16. The molecule has 26 heavy (non-hydrogen) atoms. The van der Waals surface area contributed by atoms with Gasteiger partial charge in [-0.1, -0.05) is 18.2 Å². The molecule has 0 bridgehead atoms. The lowest BCUT2D eigenvalue weighted by molar-refractivity contribution is -0.137. The van der Waals surface area contributed by atoms with Crippen LogP contribution in [0.5, 0.6) is 5.75 Å². The molecule has 1 aromatic carbocycles. The van der Waals surface area contributed by atoms with E-state index in [1.807, 2.05) is 42.3 Å². The van der Waals surface area contributed by atoms with Crippen molar-refractivity contribution >= 4 is 11.7 Å². The molecule has 2 N–H and O–H groups in total. The number of carbonyl (C=O) groups excluding carboxylic acids is 1. The zero-order chi connectivity index (χ0) is 18.5. The topological polar surface area (TPSA) is 84.6 Å². The SMILES string of the molecule is C[C@@H](Oc1ccccc1)C(=O)N1CC[C@@H](N(C)Cc2nccc(N)n2)C1. The largest absolute Gasteiger partial charge is 0.481 e. The Morgan fingerprint density at radius 2 is 2.15 bits per heavy atom. The molecule has 1 amide bonds. The molecule has 2 aromatic rings. The Kier molecular flexibility index (Phi) is 5.68. The summed E-state index contributed by atoms with van der Waals surface area (Å²) in [7, 11) is 2.02. The van der Waals surface area contributed by atoms with E-state index in [0.717, 1.165) is 13.0 Å². The highest BCUT2D eigenvalue weighted by atomic mass is 16.5. The Bertz CT molecular complexity index is 740. The third kappa shape index (κ3) is 4.49. The molecule has 0 saturated carbocycles. The van der Waals surface area contributed by atoms with Crippen LogP contribution in [0.25, 0.3) is 0 Å². The van der Waals surface area contributed by atoms with Gasteiger partial charge in [0.2, 0.25) is 0 Å². The summed E-state index contributed by atoms with van der Waals surface area (Å²) < 4.78 is 5.75. The third-order valence-corrected chi connectivity index (χ3v) is 4.62. The van der Waals surface area contributed by atoms with Crippen molar-refractivity contribution in [2.75, 3.05) is 25.9 Å². The van der Waals surface area contributed by atoms with Gasteiger partial charge in [-0.2, -0.15) is 0 Å². The molecule has 0 aliphatic carbocycles. The molecule has 1 saturated heterocycles. The Balaban J connectivity index is 1.53. The third-order valence-electron chi connectivity index (χ3n) is 4.62. The minimum Gasteiger partial charge on any atom is -0.481 e. The summed E-state index contributed by atoms with van der Waals surface area (Å²) in [6.45, 7) is 3.81. The number of rotatable bonds is 6. The number of hydrogen-bond donors (Lipinski definition) is 1. The van der Waals surface area contributed by atoms with Crippen molar-refractivity contribution in [2.24, 2.45) is 0 Å². The first kappa shape index (κ1) is 18.1. The summed E-state index contributed by atoms with van der Waals surface area (Å²) in [5.41, 5.74) is 5.71. The van der Waals surface area contributed by atoms with E-state index < -0.39 is 6.10 Å². The van der Waals surface area contributed by atoms with Crippen molar-refractivity contribution in [2.45, 2.75) is 32.0 Å². The first-order chi connectivity index (χ1) is 12.5. The van der Waals surface area contributed by atoms with Gasteiger partial charge in [-0.15, -0.1) is 0 Å². The molecule has 1 fully saturated rings. The second-order valence-electron chi connectivity index (χ2n) is 6.61. The number of amides is 1. The van der Waals surface area contributed by atoms with Gasteiger partial charge < -0.3 is 15.4 Å². The van der Waals surface area contributed by atoms with E-state index in [2.05, 4.69) is 14.9 Å². The van der Waals surface area contributed by atoms with Gasteiger partial charge >= 0.3 is 0 Å². The van der Waals surface area contributed by atoms with E-state index in [4.69, 9.17) is 10.5 Å². The van der Waals surface area contributed by atoms with Gasteiger partial charge in [0.25, 0.3) is 5.91 Å². The highest BCUT2D eigenvalue weighted by molar-refractivity contribution is 5.81. The van der Waals surface area contributed by atoms with E-state index in [1.165, 1.54) is 0 Å². The minimum absolute atomic E-state index is 0.0185. The number of para-hydroxylation sites is 1. The van der Waals surface area contributed by atoms with Gasteiger partial charge in [-0.25, -0.2) is 9.97 Å². The zero-order valence-electron chi connectivity index (χ0n) is 15.2. The number of hydrogen-bond acceptors (Lipinski definition) is 6. The zero-order valence-corrected chi connectivity index (χ0v) is 15.2. The summed E-state index contributed by atoms with van der Waals surface area (Å²) >= 11 is 0. The van der Waals surface area contributed by atoms with Crippen LogP contribution in [-0.2, 0) is 11.3 Å². The Morgan fingerprint density at radius 3 is 2.88 bits per heavy atom. The number of anilines is 1. The summed E-state index contributed by atoms with van der Waals surface area (Å²) in [4.78, 5) is 25.2. The fourth-order valence-corrected chi connectivity index (χ4v) is 3.16. The normalized spacial score (nSPS) is 18.1. The predicted molar refractivity (Wildman–Crippen MR) is 99.4 cm³/mol. The van der Waals surface area contributed by atoms with Crippen LogP contribution >= 0.6 is 0 Å². The van der Waals surface area contributed by atoms with Crippen molar-refractivity contribution < 1.29 is 9.53 Å². The Labute approximate surface area is 153 Å². The molecule has 1 aliphatic heterocycles. The van der Waals surface area contributed by atoms with Crippen LogP contribution in [0.3, 0.4) is 0 Å². The molecule has 0 spiro atoms. The van der Waals surface area contributed by atoms with E-state index >= 15 is 0 Å². The van der Waals surface area contributed by atoms with Crippen molar-refractivity contribution in [3.63, 3.8) is 0 Å². The van der Waals surface area contributed by atoms with Crippen LogP contribution in [-0.4, -0.2) is 58.0 Å². The van der Waals surface area contributed by atoms with Crippen LogP contribution in [0, 0.1) is 0 Å². The smallest absolute Gasteiger partial charge is 0.263 e. The van der Waals surface area contributed by atoms with E-state index in [9.17, 15) is 4.79 Å². The predicted octanol–water partition coefficient (Wildman–Crippen LogP) is 1.56. The van der Waals surface area contributed by atoms with Crippen LogP contribution in [0.15, 0.2) is 42.6 Å². The molecule has 1 aliphatic rings. The fraction of sp³-hybridized carbons (Fsp3) is 0.421. The number of benzene rings is 1. The summed E-state index contributed by atoms with van der Waals surface area (Å²) in [5.74, 6) is 1.89. The van der Waals surface area contributed by atoms with Gasteiger partial charge in [0.05, 0.1) is 6.54 Å². The first-order valence-corrected chi connectivity index (χ1v) is 8.81. The molecular weight excluding hydrogens is 330 g/mol. The average molecular weight is 355 g/mol. The molecular formula is C19H25N5O2. The highest BCUT2D eigenvalue weighted by Crippen LogP contribution is 2.19. The van der Waals surface area contributed by atoms with Crippen LogP contribution in [0.2, 0.25) is 0 Å². The lowest BCUT2D eigenvalue weighted by Crippen LogP contribution is -2.41. The molecule has 7 nitrogen and oxygen atoms in total. The van der Waals surface area contributed by atoms with Gasteiger partial charge in [0.1, 0.15) is 17.4 Å². The highest BCUT2D eigenvalue weighted by Gasteiger charge is 2.32. The quantitative estimate of drug-likeness (QED) is 0.846. The molecule has 0 unspecified atom stereocenters. The standard InChI is InChI=1S/C19H25N5O2/c1-14(26-16-6-4-3-5-7-16)19(25)24-11-9-15(12-24)23(2)13-18-21-10-8-17(20)22-18/h3-8,10,14-15H,9,11-13H2,1-2H3,(H2,20,21,22)/t14-,15-/m1/s1. The number of nitrogens with zero attached hydrogens (tertiary/aromatic N) is 4. The second-order valence-corrected chi connectivity index (χ2v) is 6.61. The first-order valence-electron chi connectivity index (χ1n) is 8.81. The van der Waals surface area contributed by atoms with Crippen molar-refractivity contribution in [1.29, 1.82) is 0 Å². The van der Waals surface area contributed by atoms with E-state index in [-0.39, 0.29) is 11.9 Å². The molecule has 3 rings (SSSR count). The van der Waals surface area contributed by atoms with Crippen LogP contribution in [0.1, 0.15) is 19.2 Å². The molecule has 2 heterocycles. The lowest BCUT2D eigenvalue weighted by Gasteiger charge is -2.25. The molecule has 0 radical (unpaired) electrons. The van der Waals surface area contributed by atoms with Gasteiger partial charge in [0, 0.05) is 25.3 Å². The number of aromatic nitrogens is 2. The number of likely N-dealkylation sites (N-methyl/N-ethyl adjacent to an activating group) is 1. The van der Waals surface area contributed by atoms with E-state index in [1.54, 1.807) is 19.2 Å². The number of carbonyl (C=O) groups is 1. The Hall–Kier alpha value is -2.67. The Morgan fingerprint density at radius 1 is 1.38 bits per heavy atom. The maximum Gasteiger partial charge on any atom is 0.263 e. The van der Waals surface area contributed by atoms with Crippen molar-refractivity contribution in [3.8, 4) is 5.75 Å². The van der Waals surface area contributed by atoms with Crippen molar-refractivity contribution in [3.05, 3.63) is 48.4 Å². The number of ether oxygens (including phenoxy) is 1. The number of nitrogens with two attached hydrogens (primary N) is 1. The summed E-state index contributed by atoms with van der Waals surface area (Å²) in [6, 6.07) is 11.4. The molecule has 138 valence electrons. The van der Waals surface area contributed by atoms with Crippen LogP contribution < -0.4 is 10.5 Å². The van der Waals surface area contributed by atoms with Gasteiger partial charge in [-0.05, 0) is 38.6 Å². The maximum atomic E-state index is 12.7. The van der Waals surface area contributed by atoms with Crippen LogP contribution in [0.4, 0.5) is 5.82 Å². The van der Waals surface area contributed by atoms with Gasteiger partial charge in [-0.3, -0.25) is 9.69 Å². The van der Waals surface area contributed by atoms with Crippen molar-refractivity contribution in [1.82, 2.24) is 19.8 Å². The average Bonchev–Trinajstić information content (AvgIpc) is 3.12. The number of likely N-dealkylation sites (tertiary alicyclic amines) is 1. The lowest BCUT2D eigenvalue weighted by atomic mass is 10.2. The second kappa shape index (κ2) is 8.14. The summed E-state index contributed by atoms with van der Waals surface area (Å²) in [6.07, 6.45) is 2.08. The maximum absolute atomic E-state index is 12.7. The summed E-state index contributed by atoms with van der Waals surface area (Å²) in [5, 5.41) is 0. The monoisotopic (exact) mass is 355 g/mol. The molecule has 1 aromatic heterocycles. The minimum atomic E-state index is -0.501. The van der Waals surface area contributed by atoms with Gasteiger partial charge in [0.15, 0.2) is 6.10 Å². The molecule has 2 atom stereocenters.